The minimum absolute atomic E-state index is 0. The first-order valence-electron chi connectivity index (χ1n) is 7.92. The molecule has 2 unspecified atom stereocenters. The van der Waals surface area contributed by atoms with Gasteiger partial charge in [-0.1, -0.05) is 0 Å². The molecular weight excluding hydrogens is 531 g/mol. The zero-order chi connectivity index (χ0) is 23.2. The van der Waals surface area contributed by atoms with Crippen molar-refractivity contribution < 1.29 is 61.4 Å². The smallest absolute Gasteiger partial charge is 0.387 e. The van der Waals surface area contributed by atoms with Crippen LogP contribution in [0.4, 0.5) is 5.82 Å². The average Bonchev–Trinajstić information content (AvgIpc) is 3.13. The summed E-state index contributed by atoms with van der Waals surface area (Å²) in [5, 5.41) is 20.4. The number of fused-ring (bicyclic) bond motifs is 1. The third-order valence-corrected chi connectivity index (χ3v) is 7.62. The van der Waals surface area contributed by atoms with Gasteiger partial charge in [-0.3, -0.25) is 9.09 Å². The number of rotatable bonds is 8. The molecule has 3 heterocycles. The number of aliphatic hydroxyl groups excluding tert-OH is 2. The molecule has 32 heavy (non-hydrogen) atoms. The van der Waals surface area contributed by atoms with Gasteiger partial charge in [0, 0.05) is 37.7 Å². The van der Waals surface area contributed by atoms with Crippen molar-refractivity contribution in [2.24, 2.45) is 0 Å². The first-order chi connectivity index (χ1) is 14.2. The zero-order valence-electron chi connectivity index (χ0n) is 15.6. The molecule has 1 fully saturated rings. The van der Waals surface area contributed by atoms with Crippen LogP contribution in [0.3, 0.4) is 0 Å². The van der Waals surface area contributed by atoms with Crippen LogP contribution in [0.15, 0.2) is 12.7 Å². The van der Waals surface area contributed by atoms with E-state index in [0.29, 0.717) is 0 Å². The third kappa shape index (κ3) is 6.73. The van der Waals surface area contributed by atoms with Crippen molar-refractivity contribution >= 4 is 78.2 Å². The number of anilines is 1. The van der Waals surface area contributed by atoms with Crippen molar-refractivity contribution in [3.63, 3.8) is 0 Å². The number of phosphoric ester groups is 1. The monoisotopic (exact) mass is 547 g/mol. The minimum atomic E-state index is -5.70. The standard InChI is InChI=1S/C10H16N5O13P3.Ca/c11-8-5-9(13-2-12-8)15(3-14-5)10-7(17)6(16)4(26-10)1-25-30(21,22)28-31(23,24)27-29(18,19)20;/h2-4,6-7,10,16-17H,1H2,(H,21,22)(H,23,24)(H2,11,12,13)(H2,18,19,20);/t4-,6-,7-,10-;/m1./s1. The molecule has 1 aliphatic rings. The molecule has 1 saturated heterocycles. The summed E-state index contributed by atoms with van der Waals surface area (Å²) >= 11 is 0. The van der Waals surface area contributed by atoms with Crippen LogP contribution in [-0.4, -0.2) is 112 Å². The van der Waals surface area contributed by atoms with Crippen molar-refractivity contribution in [1.82, 2.24) is 19.5 Å². The van der Waals surface area contributed by atoms with Crippen LogP contribution in [0.1, 0.15) is 6.23 Å². The summed E-state index contributed by atoms with van der Waals surface area (Å²) in [6.07, 6.45) is -3.69. The van der Waals surface area contributed by atoms with Crippen LogP contribution in [0, 0.1) is 0 Å². The molecular formula is C10H16CaN5O13P3. The van der Waals surface area contributed by atoms with Gasteiger partial charge in [0.2, 0.25) is 0 Å². The van der Waals surface area contributed by atoms with Gasteiger partial charge in [-0.2, -0.15) is 8.62 Å². The molecule has 1 aliphatic heterocycles. The van der Waals surface area contributed by atoms with Crippen LogP contribution < -0.4 is 5.73 Å². The molecule has 2 aromatic rings. The molecule has 0 amide bonds. The number of hydrogen-bond acceptors (Lipinski definition) is 13. The number of nitrogens with zero attached hydrogens (tertiary/aromatic N) is 4. The number of aliphatic hydroxyl groups is 2. The summed E-state index contributed by atoms with van der Waals surface area (Å²) in [4.78, 5) is 47.2. The molecule has 2 radical (unpaired) electrons. The molecule has 2 aromatic heterocycles. The molecule has 22 heteroatoms. The largest absolute Gasteiger partial charge is 0.490 e. The van der Waals surface area contributed by atoms with Gasteiger partial charge in [0.15, 0.2) is 17.7 Å². The first kappa shape index (κ1) is 28.1. The molecule has 6 atom stereocenters. The Morgan fingerprint density at radius 1 is 1.03 bits per heavy atom. The second-order valence-corrected chi connectivity index (χ2v) is 10.4. The predicted octanol–water partition coefficient (Wildman–Crippen LogP) is -2.01. The Bertz CT molecular complexity index is 1110. The molecule has 0 aliphatic carbocycles. The predicted molar refractivity (Wildman–Crippen MR) is 101 cm³/mol. The van der Waals surface area contributed by atoms with Gasteiger partial charge in [-0.15, -0.1) is 0 Å². The Hall–Kier alpha value is -0.100. The van der Waals surface area contributed by atoms with Gasteiger partial charge in [0.1, 0.15) is 30.2 Å². The van der Waals surface area contributed by atoms with Gasteiger partial charge in [-0.25, -0.2) is 28.6 Å². The van der Waals surface area contributed by atoms with E-state index in [1.54, 1.807) is 0 Å². The molecule has 0 saturated carbocycles. The summed E-state index contributed by atoms with van der Waals surface area (Å²) < 4.78 is 51.9. The number of aromatic nitrogens is 4. The summed E-state index contributed by atoms with van der Waals surface area (Å²) in [5.41, 5.74) is 6.00. The first-order valence-corrected chi connectivity index (χ1v) is 12.4. The maximum atomic E-state index is 11.8. The number of ether oxygens (including phenoxy) is 1. The van der Waals surface area contributed by atoms with Crippen molar-refractivity contribution in [3.8, 4) is 0 Å². The fourth-order valence-corrected chi connectivity index (χ4v) is 5.65. The summed E-state index contributed by atoms with van der Waals surface area (Å²) in [6, 6.07) is 0. The third-order valence-electron chi connectivity index (χ3n) is 3.82. The fourth-order valence-electron chi connectivity index (χ4n) is 2.62. The fraction of sp³-hybridized carbons (Fsp3) is 0.500. The van der Waals surface area contributed by atoms with E-state index >= 15 is 0 Å². The van der Waals surface area contributed by atoms with Crippen LogP contribution >= 0.6 is 23.5 Å². The second-order valence-electron chi connectivity index (χ2n) is 6.02. The number of nitrogen functional groups attached to an aromatic ring is 1. The Morgan fingerprint density at radius 3 is 2.31 bits per heavy atom. The van der Waals surface area contributed by atoms with Crippen molar-refractivity contribution in [2.75, 3.05) is 12.3 Å². The van der Waals surface area contributed by atoms with Crippen LogP contribution in [0.5, 0.6) is 0 Å². The van der Waals surface area contributed by atoms with Crippen molar-refractivity contribution in [2.45, 2.75) is 24.5 Å². The van der Waals surface area contributed by atoms with Gasteiger partial charge in [0.05, 0.1) is 12.9 Å². The molecule has 3 rings (SSSR count). The molecule has 8 N–H and O–H groups in total. The molecule has 0 aromatic carbocycles. The SMILES string of the molecule is Nc1ncnc2c1ncn2[C@@H]1O[C@H](COP(=O)(O)OP(=O)(O)OP(=O)(O)O)[C@@H](O)[C@H]1O.[Ca]. The maximum absolute atomic E-state index is 11.8. The Kier molecular flexibility index (Phi) is 9.02. The number of hydrogen-bond donors (Lipinski definition) is 7. The average molecular weight is 547 g/mol. The van der Waals surface area contributed by atoms with E-state index in [9.17, 15) is 28.8 Å². The summed E-state index contributed by atoms with van der Waals surface area (Å²) in [7, 11) is -16.7. The summed E-state index contributed by atoms with van der Waals surface area (Å²) in [6.45, 7) is -0.956. The second kappa shape index (κ2) is 10.3. The van der Waals surface area contributed by atoms with E-state index in [4.69, 9.17) is 25.2 Å². The Balaban J connectivity index is 0.00000363. The van der Waals surface area contributed by atoms with Gasteiger partial charge in [-0.05, 0) is 0 Å². The number of nitrogens with two attached hydrogens (primary N) is 1. The molecule has 0 spiro atoms. The van der Waals surface area contributed by atoms with Gasteiger partial charge in [0.25, 0.3) is 0 Å². The van der Waals surface area contributed by atoms with E-state index in [-0.39, 0.29) is 54.7 Å². The van der Waals surface area contributed by atoms with E-state index in [0.717, 1.165) is 6.33 Å². The van der Waals surface area contributed by atoms with Gasteiger partial charge >= 0.3 is 23.5 Å². The van der Waals surface area contributed by atoms with Crippen molar-refractivity contribution in [3.05, 3.63) is 12.7 Å². The topological polar surface area (TPSA) is 279 Å². The summed E-state index contributed by atoms with van der Waals surface area (Å²) in [5.74, 6) is 0.0426. The Morgan fingerprint density at radius 2 is 1.69 bits per heavy atom. The quantitative estimate of drug-likeness (QED) is 0.139. The van der Waals surface area contributed by atoms with Crippen LogP contribution in [0.25, 0.3) is 11.2 Å². The van der Waals surface area contributed by atoms with Crippen LogP contribution in [-0.2, 0) is 31.6 Å². The van der Waals surface area contributed by atoms with E-state index in [2.05, 4.69) is 28.1 Å². The van der Waals surface area contributed by atoms with E-state index < -0.39 is 54.6 Å². The maximum Gasteiger partial charge on any atom is 0.490 e. The molecule has 0 bridgehead atoms. The van der Waals surface area contributed by atoms with Gasteiger partial charge < -0.3 is 40.3 Å². The molecule has 18 nitrogen and oxygen atoms in total. The van der Waals surface area contributed by atoms with E-state index in [1.165, 1.54) is 10.9 Å². The number of phosphoric acid groups is 3. The van der Waals surface area contributed by atoms with E-state index in [1.807, 2.05) is 0 Å². The normalized spacial score (nSPS) is 27.6. The Labute approximate surface area is 207 Å². The number of imidazole rings is 1. The zero-order valence-corrected chi connectivity index (χ0v) is 20.5. The van der Waals surface area contributed by atoms with Crippen molar-refractivity contribution in [1.29, 1.82) is 0 Å². The van der Waals surface area contributed by atoms with Crippen LogP contribution in [0.2, 0.25) is 0 Å². The minimum Gasteiger partial charge on any atom is -0.387 e. The molecule has 176 valence electrons.